The van der Waals surface area contributed by atoms with Crippen LogP contribution >= 0.6 is 0 Å². The van der Waals surface area contributed by atoms with Crippen LogP contribution in [0.5, 0.6) is 0 Å². The lowest BCUT2D eigenvalue weighted by Gasteiger charge is -2.25. The molecule has 0 spiro atoms. The summed E-state index contributed by atoms with van der Waals surface area (Å²) in [5.41, 5.74) is 0. The Labute approximate surface area is 89.9 Å². The third-order valence-electron chi connectivity index (χ3n) is 3.59. The third kappa shape index (κ3) is 1.67. The summed E-state index contributed by atoms with van der Waals surface area (Å²) in [6.07, 6.45) is 2.29. The molecule has 3 aliphatic heterocycles. The zero-order valence-electron chi connectivity index (χ0n) is 9.01. The Morgan fingerprint density at radius 3 is 2.40 bits per heavy atom. The minimum Gasteiger partial charge on any atom is -0.297 e. The van der Waals surface area contributed by atoms with E-state index in [2.05, 4.69) is 38.8 Å². The first-order valence-corrected chi connectivity index (χ1v) is 5.84. The van der Waals surface area contributed by atoms with E-state index in [0.29, 0.717) is 30.6 Å². The van der Waals surface area contributed by atoms with E-state index in [1.165, 1.54) is 0 Å². The maximum atomic E-state index is 3.64. The van der Waals surface area contributed by atoms with Crippen LogP contribution in [0.1, 0.15) is 13.3 Å². The highest BCUT2D eigenvalue weighted by atomic mass is 15.4. The molecule has 0 bridgehead atoms. The molecule has 0 saturated carbocycles. The maximum absolute atomic E-state index is 3.64. The average molecular weight is 212 g/mol. The fourth-order valence-corrected chi connectivity index (χ4v) is 2.77. The highest BCUT2D eigenvalue weighted by molar-refractivity contribution is 5.05. The van der Waals surface area contributed by atoms with Crippen LogP contribution in [0.3, 0.4) is 0 Å². The second-order valence-corrected chi connectivity index (χ2v) is 4.47. The van der Waals surface area contributed by atoms with E-state index in [4.69, 9.17) is 0 Å². The van der Waals surface area contributed by atoms with Crippen molar-refractivity contribution in [3.63, 3.8) is 0 Å². The molecular weight excluding hydrogens is 192 g/mol. The van der Waals surface area contributed by atoms with Crippen molar-refractivity contribution in [3.05, 3.63) is 0 Å². The molecule has 3 rings (SSSR count). The molecule has 6 N–H and O–H groups in total. The summed E-state index contributed by atoms with van der Waals surface area (Å²) >= 11 is 0. The van der Waals surface area contributed by atoms with Crippen LogP contribution in [-0.4, -0.2) is 43.9 Å². The number of nitrogens with one attached hydrogen (secondary N) is 6. The van der Waals surface area contributed by atoms with Crippen molar-refractivity contribution in [2.75, 3.05) is 13.3 Å². The Morgan fingerprint density at radius 2 is 1.60 bits per heavy atom. The predicted molar refractivity (Wildman–Crippen MR) is 57.8 cm³/mol. The number of hydrogen-bond donors (Lipinski definition) is 6. The molecule has 0 aromatic heterocycles. The van der Waals surface area contributed by atoms with Gasteiger partial charge in [0.15, 0.2) is 0 Å². The molecular formula is C9H20N6. The molecule has 3 saturated heterocycles. The summed E-state index contributed by atoms with van der Waals surface area (Å²) in [7, 11) is 0. The summed E-state index contributed by atoms with van der Waals surface area (Å²) in [6, 6.07) is 0.902. The quantitative estimate of drug-likeness (QED) is 0.291. The van der Waals surface area contributed by atoms with E-state index in [-0.39, 0.29) is 0 Å². The van der Waals surface area contributed by atoms with Crippen molar-refractivity contribution in [1.29, 1.82) is 0 Å². The van der Waals surface area contributed by atoms with Crippen LogP contribution in [0, 0.1) is 0 Å². The van der Waals surface area contributed by atoms with Crippen molar-refractivity contribution < 1.29 is 0 Å². The zero-order chi connectivity index (χ0) is 10.3. The van der Waals surface area contributed by atoms with E-state index < -0.39 is 0 Å². The van der Waals surface area contributed by atoms with Gasteiger partial charge in [-0.25, -0.2) is 0 Å². The molecule has 6 heteroatoms. The minimum atomic E-state index is 0.366. The molecule has 15 heavy (non-hydrogen) atoms. The zero-order valence-corrected chi connectivity index (χ0v) is 9.01. The Hall–Kier alpha value is -0.240. The van der Waals surface area contributed by atoms with Crippen molar-refractivity contribution in [2.24, 2.45) is 0 Å². The second-order valence-electron chi connectivity index (χ2n) is 4.47. The lowest BCUT2D eigenvalue weighted by atomic mass is 10.1. The largest absolute Gasteiger partial charge is 0.297 e. The van der Waals surface area contributed by atoms with Crippen LogP contribution in [0.4, 0.5) is 0 Å². The number of fused-ring (bicyclic) bond motifs is 3. The van der Waals surface area contributed by atoms with E-state index in [1.54, 1.807) is 0 Å². The van der Waals surface area contributed by atoms with Gasteiger partial charge in [-0.15, -0.1) is 0 Å². The SMILES string of the molecule is CCC1NC2NCNC3NCNC3C2N1. The third-order valence-corrected chi connectivity index (χ3v) is 3.59. The molecule has 0 aromatic carbocycles. The fraction of sp³-hybridized carbons (Fsp3) is 1.00. The van der Waals surface area contributed by atoms with Gasteiger partial charge in [0.1, 0.15) is 0 Å². The van der Waals surface area contributed by atoms with E-state index in [0.717, 1.165) is 19.8 Å². The minimum absolute atomic E-state index is 0.366. The monoisotopic (exact) mass is 212 g/mol. The van der Waals surface area contributed by atoms with Gasteiger partial charge < -0.3 is 0 Å². The molecule has 0 aliphatic carbocycles. The molecule has 86 valence electrons. The first-order chi connectivity index (χ1) is 7.38. The van der Waals surface area contributed by atoms with Crippen molar-refractivity contribution in [1.82, 2.24) is 31.9 Å². The molecule has 5 unspecified atom stereocenters. The van der Waals surface area contributed by atoms with Crippen molar-refractivity contribution in [3.8, 4) is 0 Å². The highest BCUT2D eigenvalue weighted by Gasteiger charge is 2.43. The van der Waals surface area contributed by atoms with Gasteiger partial charge in [0.2, 0.25) is 0 Å². The van der Waals surface area contributed by atoms with E-state index in [1.807, 2.05) is 0 Å². The molecule has 0 radical (unpaired) electrons. The van der Waals surface area contributed by atoms with Gasteiger partial charge in [0.05, 0.1) is 30.6 Å². The first-order valence-electron chi connectivity index (χ1n) is 5.84. The van der Waals surface area contributed by atoms with Crippen LogP contribution in [0.25, 0.3) is 0 Å². The summed E-state index contributed by atoms with van der Waals surface area (Å²) in [4.78, 5) is 0. The lowest BCUT2D eigenvalue weighted by molar-refractivity contribution is 0.364. The molecule has 3 aliphatic rings. The van der Waals surface area contributed by atoms with Crippen molar-refractivity contribution in [2.45, 2.75) is 43.9 Å². The van der Waals surface area contributed by atoms with Gasteiger partial charge in [-0.05, 0) is 6.42 Å². The Kier molecular flexibility index (Phi) is 2.63. The van der Waals surface area contributed by atoms with Gasteiger partial charge in [-0.3, -0.25) is 31.9 Å². The molecule has 0 amide bonds. The van der Waals surface area contributed by atoms with E-state index in [9.17, 15) is 0 Å². The summed E-state index contributed by atoms with van der Waals surface area (Å²) < 4.78 is 0. The van der Waals surface area contributed by atoms with Gasteiger partial charge in [-0.1, -0.05) is 6.92 Å². The number of hydrogen-bond acceptors (Lipinski definition) is 6. The molecule has 0 aromatic rings. The van der Waals surface area contributed by atoms with Crippen LogP contribution in [0.2, 0.25) is 0 Å². The van der Waals surface area contributed by atoms with Gasteiger partial charge >= 0.3 is 0 Å². The Balaban J connectivity index is 1.76. The predicted octanol–water partition coefficient (Wildman–Crippen LogP) is -2.39. The second kappa shape index (κ2) is 3.97. The normalized spacial score (nSPS) is 49.8. The molecule has 3 fully saturated rings. The fourth-order valence-electron chi connectivity index (χ4n) is 2.77. The van der Waals surface area contributed by atoms with Gasteiger partial charge in [0, 0.05) is 13.3 Å². The van der Waals surface area contributed by atoms with Crippen LogP contribution in [0.15, 0.2) is 0 Å². The van der Waals surface area contributed by atoms with Crippen LogP contribution in [-0.2, 0) is 0 Å². The van der Waals surface area contributed by atoms with Gasteiger partial charge in [0.25, 0.3) is 0 Å². The van der Waals surface area contributed by atoms with Gasteiger partial charge in [-0.2, -0.15) is 0 Å². The molecule has 6 nitrogen and oxygen atoms in total. The maximum Gasteiger partial charge on any atom is 0.0768 e. The Morgan fingerprint density at radius 1 is 0.867 bits per heavy atom. The standard InChI is InChI=1S/C9H20N6/c1-2-5-14-7-6-8(11-3-10-6)12-4-13-9(7)15-5/h5-15H,2-4H2,1H3. The summed E-state index contributed by atoms with van der Waals surface area (Å²) in [5.74, 6) is 0. The molecule has 5 atom stereocenters. The summed E-state index contributed by atoms with van der Waals surface area (Å²) in [6.45, 7) is 3.94. The smallest absolute Gasteiger partial charge is 0.0768 e. The highest BCUT2D eigenvalue weighted by Crippen LogP contribution is 2.14. The number of rotatable bonds is 1. The van der Waals surface area contributed by atoms with Crippen LogP contribution < -0.4 is 31.9 Å². The Bertz CT molecular complexity index is 235. The topological polar surface area (TPSA) is 72.2 Å². The first kappa shape index (κ1) is 9.95. The van der Waals surface area contributed by atoms with Crippen molar-refractivity contribution >= 4 is 0 Å². The summed E-state index contributed by atoms with van der Waals surface area (Å²) in [5, 5.41) is 21.0. The lowest BCUT2D eigenvalue weighted by Crippen LogP contribution is -2.55. The van der Waals surface area contributed by atoms with E-state index >= 15 is 0 Å². The average Bonchev–Trinajstić information content (AvgIpc) is 2.82. The molecule has 3 heterocycles.